The number of carbonyl (C=O) groups excluding carboxylic acids is 2. The Balaban J connectivity index is 1.36. The number of nitrogens with one attached hydrogen (secondary N) is 2. The van der Waals surface area contributed by atoms with Crippen molar-refractivity contribution in [3.05, 3.63) is 58.9 Å². The normalized spacial score (nSPS) is 15.2. The van der Waals surface area contributed by atoms with Crippen LogP contribution < -0.4 is 11.0 Å². The second-order valence-corrected chi connectivity index (χ2v) is 6.59. The molecule has 0 saturated carbocycles. The zero-order valence-electron chi connectivity index (χ0n) is 14.7. The van der Waals surface area contributed by atoms with E-state index in [0.29, 0.717) is 25.9 Å². The number of furan rings is 1. The van der Waals surface area contributed by atoms with Crippen LogP contribution in [0.5, 0.6) is 0 Å². The Morgan fingerprint density at radius 2 is 1.93 bits per heavy atom. The van der Waals surface area contributed by atoms with Crippen LogP contribution in [-0.4, -0.2) is 45.9 Å². The number of carbonyl (C=O) groups is 2. The number of fused-ring (bicyclic) bond motifs is 1. The third-order valence-corrected chi connectivity index (χ3v) is 4.95. The van der Waals surface area contributed by atoms with E-state index in [0.717, 1.165) is 11.0 Å². The van der Waals surface area contributed by atoms with E-state index in [2.05, 4.69) is 10.3 Å². The highest BCUT2D eigenvalue weighted by atomic mass is 16.3. The molecule has 2 N–H and O–H groups in total. The van der Waals surface area contributed by atoms with Gasteiger partial charge in [0, 0.05) is 19.1 Å². The van der Waals surface area contributed by atoms with Gasteiger partial charge in [-0.3, -0.25) is 14.2 Å². The fraction of sp³-hybridized carbons (Fsp3) is 0.316. The highest BCUT2D eigenvalue weighted by Gasteiger charge is 2.26. The second-order valence-electron chi connectivity index (χ2n) is 6.59. The van der Waals surface area contributed by atoms with Crippen molar-refractivity contribution in [2.75, 3.05) is 19.6 Å². The first-order valence-corrected chi connectivity index (χ1v) is 8.92. The summed E-state index contributed by atoms with van der Waals surface area (Å²) in [6, 6.07) is 10.8. The van der Waals surface area contributed by atoms with Crippen molar-refractivity contribution in [1.82, 2.24) is 19.8 Å². The molecule has 8 nitrogen and oxygen atoms in total. The van der Waals surface area contributed by atoms with Crippen molar-refractivity contribution in [2.45, 2.75) is 18.9 Å². The van der Waals surface area contributed by atoms with E-state index >= 15 is 0 Å². The molecule has 0 spiro atoms. The molecule has 0 unspecified atom stereocenters. The predicted molar refractivity (Wildman–Crippen MR) is 98.5 cm³/mol. The monoisotopic (exact) mass is 368 g/mol. The van der Waals surface area contributed by atoms with E-state index in [1.54, 1.807) is 21.6 Å². The smallest absolute Gasteiger partial charge is 0.326 e. The third kappa shape index (κ3) is 3.38. The first kappa shape index (κ1) is 17.1. The minimum Gasteiger partial charge on any atom is -0.459 e. The van der Waals surface area contributed by atoms with Crippen molar-refractivity contribution in [3.63, 3.8) is 0 Å². The molecule has 3 aromatic rings. The number of hydrogen-bond acceptors (Lipinski definition) is 4. The maximum Gasteiger partial charge on any atom is 0.326 e. The van der Waals surface area contributed by atoms with Gasteiger partial charge < -0.3 is 19.6 Å². The Kier molecular flexibility index (Phi) is 4.53. The van der Waals surface area contributed by atoms with Crippen molar-refractivity contribution in [1.29, 1.82) is 0 Å². The Morgan fingerprint density at radius 1 is 1.15 bits per heavy atom. The molecule has 3 heterocycles. The van der Waals surface area contributed by atoms with Gasteiger partial charge in [-0.2, -0.15) is 0 Å². The fourth-order valence-electron chi connectivity index (χ4n) is 3.57. The highest BCUT2D eigenvalue weighted by molar-refractivity contribution is 5.94. The lowest BCUT2D eigenvalue weighted by molar-refractivity contribution is -0.131. The number of nitrogens with zero attached hydrogens (tertiary/aromatic N) is 2. The Morgan fingerprint density at radius 3 is 2.67 bits per heavy atom. The lowest BCUT2D eigenvalue weighted by Crippen LogP contribution is -2.45. The summed E-state index contributed by atoms with van der Waals surface area (Å²) < 4.78 is 6.79. The topological polar surface area (TPSA) is 100 Å². The average molecular weight is 368 g/mol. The van der Waals surface area contributed by atoms with E-state index in [-0.39, 0.29) is 29.9 Å². The van der Waals surface area contributed by atoms with Gasteiger partial charge in [0.2, 0.25) is 5.91 Å². The highest BCUT2D eigenvalue weighted by Crippen LogP contribution is 2.24. The number of aromatic amines is 1. The number of amides is 2. The summed E-state index contributed by atoms with van der Waals surface area (Å²) in [5.74, 6) is -0.367. The van der Waals surface area contributed by atoms with Gasteiger partial charge in [-0.05, 0) is 37.1 Å². The van der Waals surface area contributed by atoms with Crippen LogP contribution in [0.2, 0.25) is 0 Å². The number of imidazole rings is 1. The number of rotatable bonds is 4. The summed E-state index contributed by atoms with van der Waals surface area (Å²) in [6.07, 6.45) is 2.80. The van der Waals surface area contributed by atoms with Crippen LogP contribution in [0.1, 0.15) is 29.4 Å². The molecule has 140 valence electrons. The number of likely N-dealkylation sites (tertiary alicyclic amines) is 1. The van der Waals surface area contributed by atoms with Gasteiger partial charge in [0.15, 0.2) is 5.76 Å². The number of benzene rings is 1. The SMILES string of the molecule is O=C(NCC(=O)N1CCC(n2c(=O)[nH]c3ccccc32)CC1)c1ccco1. The molecule has 1 aromatic carbocycles. The Labute approximate surface area is 154 Å². The van der Waals surface area contributed by atoms with Crippen LogP contribution in [0.25, 0.3) is 11.0 Å². The Bertz CT molecular complexity index is 1010. The zero-order chi connectivity index (χ0) is 18.8. The zero-order valence-corrected chi connectivity index (χ0v) is 14.7. The molecular formula is C19H20N4O4. The van der Waals surface area contributed by atoms with E-state index in [1.165, 1.54) is 6.26 Å². The van der Waals surface area contributed by atoms with Crippen LogP contribution in [0.15, 0.2) is 51.9 Å². The first-order chi connectivity index (χ1) is 13.1. The molecule has 0 bridgehead atoms. The molecule has 0 atom stereocenters. The summed E-state index contributed by atoms with van der Waals surface area (Å²) in [4.78, 5) is 41.1. The summed E-state index contributed by atoms with van der Waals surface area (Å²) >= 11 is 0. The maximum atomic E-state index is 12.4. The lowest BCUT2D eigenvalue weighted by Gasteiger charge is -2.32. The Hall–Kier alpha value is -3.29. The fourth-order valence-corrected chi connectivity index (χ4v) is 3.57. The average Bonchev–Trinajstić information content (AvgIpc) is 3.33. The summed E-state index contributed by atoms with van der Waals surface area (Å²) in [7, 11) is 0. The van der Waals surface area contributed by atoms with Crippen molar-refractivity contribution >= 4 is 22.8 Å². The van der Waals surface area contributed by atoms with Crippen molar-refractivity contribution in [3.8, 4) is 0 Å². The molecule has 1 saturated heterocycles. The standard InChI is InChI=1S/C19H20N4O4/c24-17(12-20-18(25)16-6-3-11-27-16)22-9-7-13(8-10-22)23-15-5-2-1-4-14(15)21-19(23)26/h1-6,11,13H,7-10,12H2,(H,20,25)(H,21,26). The van der Waals surface area contributed by atoms with Crippen LogP contribution in [0, 0.1) is 0 Å². The molecule has 27 heavy (non-hydrogen) atoms. The molecule has 1 aliphatic heterocycles. The van der Waals surface area contributed by atoms with E-state index in [4.69, 9.17) is 4.42 Å². The molecule has 4 rings (SSSR count). The van der Waals surface area contributed by atoms with Crippen molar-refractivity contribution < 1.29 is 14.0 Å². The van der Waals surface area contributed by atoms with Gasteiger partial charge >= 0.3 is 5.69 Å². The summed E-state index contributed by atoms with van der Waals surface area (Å²) in [5, 5.41) is 2.57. The number of H-pyrrole nitrogens is 1. The lowest BCUT2D eigenvalue weighted by atomic mass is 10.0. The minimum absolute atomic E-state index is 0.0513. The van der Waals surface area contributed by atoms with Gasteiger partial charge in [-0.15, -0.1) is 0 Å². The van der Waals surface area contributed by atoms with E-state index in [1.807, 2.05) is 24.3 Å². The van der Waals surface area contributed by atoms with Crippen LogP contribution in [0.4, 0.5) is 0 Å². The second kappa shape index (κ2) is 7.14. The van der Waals surface area contributed by atoms with Gasteiger partial charge in [-0.1, -0.05) is 12.1 Å². The molecule has 1 fully saturated rings. The number of para-hydroxylation sites is 2. The van der Waals surface area contributed by atoms with Gasteiger partial charge in [0.05, 0.1) is 23.8 Å². The van der Waals surface area contributed by atoms with Gasteiger partial charge in [-0.25, -0.2) is 4.79 Å². The molecule has 2 amide bonds. The number of piperidine rings is 1. The number of hydrogen-bond donors (Lipinski definition) is 2. The summed E-state index contributed by atoms with van der Waals surface area (Å²) in [6.45, 7) is 1.02. The predicted octanol–water partition coefficient (Wildman–Crippen LogP) is 1.52. The molecule has 1 aliphatic rings. The quantitative estimate of drug-likeness (QED) is 0.729. The minimum atomic E-state index is -0.409. The largest absolute Gasteiger partial charge is 0.459 e. The molecule has 0 aliphatic carbocycles. The molecule has 0 radical (unpaired) electrons. The van der Waals surface area contributed by atoms with Crippen LogP contribution in [0.3, 0.4) is 0 Å². The van der Waals surface area contributed by atoms with Crippen molar-refractivity contribution in [2.24, 2.45) is 0 Å². The number of aromatic nitrogens is 2. The molecular weight excluding hydrogens is 348 g/mol. The first-order valence-electron chi connectivity index (χ1n) is 8.92. The van der Waals surface area contributed by atoms with Crippen LogP contribution in [-0.2, 0) is 4.79 Å². The summed E-state index contributed by atoms with van der Waals surface area (Å²) in [5.41, 5.74) is 1.59. The van der Waals surface area contributed by atoms with Gasteiger partial charge in [0.1, 0.15) is 0 Å². The van der Waals surface area contributed by atoms with E-state index in [9.17, 15) is 14.4 Å². The molecule has 8 heteroatoms. The third-order valence-electron chi connectivity index (χ3n) is 4.95. The van der Waals surface area contributed by atoms with E-state index < -0.39 is 5.91 Å². The maximum absolute atomic E-state index is 12.4. The van der Waals surface area contributed by atoms with Crippen LogP contribution >= 0.6 is 0 Å². The van der Waals surface area contributed by atoms with Gasteiger partial charge in [0.25, 0.3) is 5.91 Å². The molecule has 2 aromatic heterocycles.